The Bertz CT molecular complexity index is 629. The molecule has 1 saturated heterocycles. The molecule has 2 amide bonds. The Hall–Kier alpha value is -1.62. The highest BCUT2D eigenvalue weighted by molar-refractivity contribution is 9.10. The van der Waals surface area contributed by atoms with Gasteiger partial charge in [0.2, 0.25) is 11.8 Å². The van der Waals surface area contributed by atoms with Crippen molar-refractivity contribution in [3.8, 4) is 0 Å². The van der Waals surface area contributed by atoms with Crippen LogP contribution in [0.1, 0.15) is 25.7 Å². The number of carbonyl (C=O) groups is 2. The highest BCUT2D eigenvalue weighted by Gasteiger charge is 2.35. The molecule has 23 heavy (non-hydrogen) atoms. The van der Waals surface area contributed by atoms with Crippen molar-refractivity contribution < 1.29 is 9.59 Å². The van der Waals surface area contributed by atoms with Gasteiger partial charge >= 0.3 is 0 Å². The van der Waals surface area contributed by atoms with Gasteiger partial charge in [0, 0.05) is 29.7 Å². The predicted octanol–water partition coefficient (Wildman–Crippen LogP) is 3.27. The predicted molar refractivity (Wildman–Crippen MR) is 94.1 cm³/mol. The second-order valence-corrected chi connectivity index (χ2v) is 7.20. The van der Waals surface area contributed by atoms with E-state index in [4.69, 9.17) is 0 Å². The van der Waals surface area contributed by atoms with Crippen LogP contribution in [0.4, 0.5) is 5.69 Å². The standard InChI is InChI=1S/C18H21BrN2O2/c19-15-7-4-8-16(10-15)21-12-14(9-17(21)22)18(23)20-11-13-5-2-1-3-6-13/h1-2,4,7-8,10,13-14H,3,5-6,9,11-12H2,(H,20,23). The summed E-state index contributed by atoms with van der Waals surface area (Å²) in [6.07, 6.45) is 7.94. The number of amides is 2. The largest absolute Gasteiger partial charge is 0.356 e. The van der Waals surface area contributed by atoms with E-state index in [9.17, 15) is 9.59 Å². The minimum atomic E-state index is -0.249. The Morgan fingerprint density at radius 2 is 2.22 bits per heavy atom. The Morgan fingerprint density at radius 1 is 1.35 bits per heavy atom. The Balaban J connectivity index is 1.56. The number of carbonyl (C=O) groups excluding carboxylic acids is 2. The second kappa shape index (κ2) is 7.30. The molecule has 1 N–H and O–H groups in total. The molecule has 2 unspecified atom stereocenters. The van der Waals surface area contributed by atoms with E-state index < -0.39 is 0 Å². The van der Waals surface area contributed by atoms with Gasteiger partial charge in [-0.25, -0.2) is 0 Å². The third-order valence-corrected chi connectivity index (χ3v) is 5.05. The van der Waals surface area contributed by atoms with E-state index in [1.807, 2.05) is 24.3 Å². The number of benzene rings is 1. The van der Waals surface area contributed by atoms with Crippen LogP contribution in [0, 0.1) is 11.8 Å². The third-order valence-electron chi connectivity index (χ3n) is 4.56. The zero-order chi connectivity index (χ0) is 16.2. The molecule has 1 aliphatic heterocycles. The molecule has 1 aromatic carbocycles. The minimum absolute atomic E-state index is 0.00500. The number of hydrogen-bond acceptors (Lipinski definition) is 2. The van der Waals surface area contributed by atoms with Crippen LogP contribution >= 0.6 is 15.9 Å². The summed E-state index contributed by atoms with van der Waals surface area (Å²) >= 11 is 3.42. The average Bonchev–Trinajstić information content (AvgIpc) is 2.95. The van der Waals surface area contributed by atoms with Gasteiger partial charge in [-0.05, 0) is 43.4 Å². The van der Waals surface area contributed by atoms with Crippen molar-refractivity contribution in [1.82, 2.24) is 5.32 Å². The number of rotatable bonds is 4. The molecule has 0 radical (unpaired) electrons. The van der Waals surface area contributed by atoms with Gasteiger partial charge < -0.3 is 10.2 Å². The van der Waals surface area contributed by atoms with Crippen LogP contribution in [0.5, 0.6) is 0 Å². The number of nitrogens with zero attached hydrogens (tertiary/aromatic N) is 1. The van der Waals surface area contributed by atoms with E-state index in [0.717, 1.165) is 29.4 Å². The zero-order valence-corrected chi connectivity index (χ0v) is 14.6. The molecule has 1 aromatic rings. The number of anilines is 1. The third kappa shape index (κ3) is 4.02. The molecule has 0 bridgehead atoms. The summed E-state index contributed by atoms with van der Waals surface area (Å²) in [5, 5.41) is 3.04. The van der Waals surface area contributed by atoms with Crippen LogP contribution in [0.15, 0.2) is 40.9 Å². The quantitative estimate of drug-likeness (QED) is 0.819. The minimum Gasteiger partial charge on any atom is -0.356 e. The average molecular weight is 377 g/mol. The lowest BCUT2D eigenvalue weighted by molar-refractivity contribution is -0.126. The van der Waals surface area contributed by atoms with E-state index in [1.54, 1.807) is 4.90 Å². The van der Waals surface area contributed by atoms with E-state index in [0.29, 0.717) is 25.4 Å². The molecular formula is C18H21BrN2O2. The maximum atomic E-state index is 12.4. The van der Waals surface area contributed by atoms with Crippen LogP contribution in [0.2, 0.25) is 0 Å². The number of allylic oxidation sites excluding steroid dienone is 2. The molecule has 1 aliphatic carbocycles. The fourth-order valence-electron chi connectivity index (χ4n) is 3.21. The first-order valence-corrected chi connectivity index (χ1v) is 8.91. The lowest BCUT2D eigenvalue weighted by atomic mass is 9.94. The van der Waals surface area contributed by atoms with E-state index >= 15 is 0 Å². The van der Waals surface area contributed by atoms with Crippen LogP contribution in [-0.4, -0.2) is 24.9 Å². The van der Waals surface area contributed by atoms with Crippen molar-refractivity contribution >= 4 is 33.4 Å². The highest BCUT2D eigenvalue weighted by Crippen LogP contribution is 2.27. The molecule has 0 aromatic heterocycles. The van der Waals surface area contributed by atoms with Crippen molar-refractivity contribution in [3.63, 3.8) is 0 Å². The van der Waals surface area contributed by atoms with Crippen LogP contribution in [-0.2, 0) is 9.59 Å². The van der Waals surface area contributed by atoms with Gasteiger partial charge in [-0.1, -0.05) is 34.1 Å². The molecule has 5 heteroatoms. The van der Waals surface area contributed by atoms with Gasteiger partial charge in [0.25, 0.3) is 0 Å². The normalized spacial score (nSPS) is 24.0. The van der Waals surface area contributed by atoms with Crippen molar-refractivity contribution in [2.75, 3.05) is 18.0 Å². The zero-order valence-electron chi connectivity index (χ0n) is 13.0. The molecule has 3 rings (SSSR count). The SMILES string of the molecule is O=C(NCC1CC=CCC1)C1CC(=O)N(c2cccc(Br)c2)C1. The fraction of sp³-hybridized carbons (Fsp3) is 0.444. The molecule has 4 nitrogen and oxygen atoms in total. The molecule has 2 atom stereocenters. The highest BCUT2D eigenvalue weighted by atomic mass is 79.9. The van der Waals surface area contributed by atoms with Crippen molar-refractivity contribution in [2.45, 2.75) is 25.7 Å². The summed E-state index contributed by atoms with van der Waals surface area (Å²) in [6.45, 7) is 1.18. The van der Waals surface area contributed by atoms with Crippen LogP contribution in [0.3, 0.4) is 0 Å². The summed E-state index contributed by atoms with van der Waals surface area (Å²) < 4.78 is 0.932. The molecule has 1 fully saturated rings. The van der Waals surface area contributed by atoms with Crippen molar-refractivity contribution in [1.29, 1.82) is 0 Å². The summed E-state index contributed by atoms with van der Waals surface area (Å²) in [6, 6.07) is 7.63. The summed E-state index contributed by atoms with van der Waals surface area (Å²) in [7, 11) is 0. The Labute approximate surface area is 145 Å². The number of hydrogen-bond donors (Lipinski definition) is 1. The molecular weight excluding hydrogens is 356 g/mol. The first kappa shape index (κ1) is 16.2. The fourth-order valence-corrected chi connectivity index (χ4v) is 3.59. The van der Waals surface area contributed by atoms with Gasteiger partial charge in [0.05, 0.1) is 5.92 Å². The van der Waals surface area contributed by atoms with Gasteiger partial charge in [-0.3, -0.25) is 9.59 Å². The molecule has 122 valence electrons. The van der Waals surface area contributed by atoms with Gasteiger partial charge in [0.15, 0.2) is 0 Å². The molecule has 1 heterocycles. The number of halogens is 1. The van der Waals surface area contributed by atoms with E-state index in [2.05, 4.69) is 33.4 Å². The lowest BCUT2D eigenvalue weighted by Gasteiger charge is -2.20. The summed E-state index contributed by atoms with van der Waals surface area (Å²) in [5.41, 5.74) is 0.845. The first-order valence-electron chi connectivity index (χ1n) is 8.12. The summed E-state index contributed by atoms with van der Waals surface area (Å²) in [4.78, 5) is 26.3. The first-order chi connectivity index (χ1) is 11.1. The van der Waals surface area contributed by atoms with Gasteiger partial charge in [0.1, 0.15) is 0 Å². The van der Waals surface area contributed by atoms with Gasteiger partial charge in [-0.2, -0.15) is 0 Å². The maximum absolute atomic E-state index is 12.4. The lowest BCUT2D eigenvalue weighted by Crippen LogP contribution is -2.36. The van der Waals surface area contributed by atoms with E-state index in [-0.39, 0.29) is 17.7 Å². The number of nitrogens with one attached hydrogen (secondary N) is 1. The van der Waals surface area contributed by atoms with Crippen LogP contribution in [0.25, 0.3) is 0 Å². The van der Waals surface area contributed by atoms with Crippen molar-refractivity contribution in [2.24, 2.45) is 11.8 Å². The molecule has 0 spiro atoms. The summed E-state index contributed by atoms with van der Waals surface area (Å²) in [5.74, 6) is 0.303. The van der Waals surface area contributed by atoms with Crippen molar-refractivity contribution in [3.05, 3.63) is 40.9 Å². The second-order valence-electron chi connectivity index (χ2n) is 6.28. The smallest absolute Gasteiger partial charge is 0.227 e. The Kier molecular flexibility index (Phi) is 5.16. The van der Waals surface area contributed by atoms with E-state index in [1.165, 1.54) is 0 Å². The molecule has 0 saturated carbocycles. The topological polar surface area (TPSA) is 49.4 Å². The molecule has 2 aliphatic rings. The maximum Gasteiger partial charge on any atom is 0.227 e. The van der Waals surface area contributed by atoms with Gasteiger partial charge in [-0.15, -0.1) is 0 Å². The van der Waals surface area contributed by atoms with Crippen LogP contribution < -0.4 is 10.2 Å². The Morgan fingerprint density at radius 3 is 2.96 bits per heavy atom. The monoisotopic (exact) mass is 376 g/mol.